The predicted octanol–water partition coefficient (Wildman–Crippen LogP) is 5.44. The minimum absolute atomic E-state index is 0.119. The third-order valence-corrected chi connectivity index (χ3v) is 8.90. The predicted molar refractivity (Wildman–Crippen MR) is 162 cm³/mol. The fourth-order valence-electron chi connectivity index (χ4n) is 5.55. The number of pyridine rings is 2. The van der Waals surface area contributed by atoms with Gasteiger partial charge in [-0.3, -0.25) is 14.3 Å². The molecule has 0 radical (unpaired) electrons. The van der Waals surface area contributed by atoms with Crippen LogP contribution in [0.3, 0.4) is 0 Å². The van der Waals surface area contributed by atoms with Crippen LogP contribution in [0.1, 0.15) is 35.6 Å². The normalized spacial score (nSPS) is 15.4. The van der Waals surface area contributed by atoms with Crippen molar-refractivity contribution in [3.05, 3.63) is 93.2 Å². The number of aromatic nitrogens is 4. The minimum Gasteiger partial charge on any atom is -0.367 e. The standard InChI is InChI=1S/C31H30FN7OS/c1-19-8-14-41-28(19)24-15-21-17-35-31(36-22-6-7-27(25(32)16-22)38-12-10-33-11-13-38)37-29(21)39(30(24)40)18-26-23(20-4-5-20)3-2-9-34-26/h2-3,6-9,14-17,20,33H,4-5,10-13,18H2,1H3,(H,35,36,37). The highest BCUT2D eigenvalue weighted by atomic mass is 32.1. The molecule has 1 aliphatic carbocycles. The van der Waals surface area contributed by atoms with E-state index in [2.05, 4.69) is 26.7 Å². The molecule has 1 aliphatic heterocycles. The molecule has 0 amide bonds. The fourth-order valence-corrected chi connectivity index (χ4v) is 6.49. The van der Waals surface area contributed by atoms with Crippen LogP contribution in [0.15, 0.2) is 65.0 Å². The zero-order valence-electron chi connectivity index (χ0n) is 22.7. The van der Waals surface area contributed by atoms with E-state index in [0.29, 0.717) is 41.0 Å². The van der Waals surface area contributed by atoms with Gasteiger partial charge in [-0.25, -0.2) is 9.37 Å². The Labute approximate surface area is 240 Å². The Balaban J connectivity index is 1.29. The lowest BCUT2D eigenvalue weighted by Gasteiger charge is -2.29. The van der Waals surface area contributed by atoms with E-state index in [1.807, 2.05) is 41.5 Å². The van der Waals surface area contributed by atoms with Gasteiger partial charge in [-0.15, -0.1) is 11.3 Å². The van der Waals surface area contributed by atoms with Crippen molar-refractivity contribution in [1.29, 1.82) is 0 Å². The molecular weight excluding hydrogens is 537 g/mol. The molecule has 5 aromatic rings. The van der Waals surface area contributed by atoms with Gasteiger partial charge in [-0.1, -0.05) is 6.07 Å². The monoisotopic (exact) mass is 567 g/mol. The molecule has 41 heavy (non-hydrogen) atoms. The van der Waals surface area contributed by atoms with Crippen molar-refractivity contribution in [2.75, 3.05) is 36.4 Å². The second kappa shape index (κ2) is 10.7. The molecular formula is C31H30FN7OS. The van der Waals surface area contributed by atoms with Crippen LogP contribution in [-0.4, -0.2) is 45.7 Å². The van der Waals surface area contributed by atoms with Gasteiger partial charge in [0.2, 0.25) is 5.95 Å². The van der Waals surface area contributed by atoms with E-state index in [0.717, 1.165) is 60.5 Å². The van der Waals surface area contributed by atoms with Crippen molar-refractivity contribution < 1.29 is 4.39 Å². The van der Waals surface area contributed by atoms with Gasteiger partial charge in [0.05, 0.1) is 23.5 Å². The average Bonchev–Trinajstić information content (AvgIpc) is 3.75. The number of anilines is 3. The molecule has 2 N–H and O–H groups in total. The zero-order valence-corrected chi connectivity index (χ0v) is 23.5. The van der Waals surface area contributed by atoms with Gasteiger partial charge in [-0.2, -0.15) is 4.98 Å². The summed E-state index contributed by atoms with van der Waals surface area (Å²) in [5.74, 6) is 0.492. The van der Waals surface area contributed by atoms with E-state index >= 15 is 4.39 Å². The molecule has 1 saturated carbocycles. The van der Waals surface area contributed by atoms with Crippen molar-refractivity contribution in [3.63, 3.8) is 0 Å². The summed E-state index contributed by atoms with van der Waals surface area (Å²) >= 11 is 1.55. The lowest BCUT2D eigenvalue weighted by molar-refractivity contribution is 0.566. The van der Waals surface area contributed by atoms with Crippen molar-refractivity contribution >= 4 is 39.7 Å². The Morgan fingerprint density at radius 3 is 2.73 bits per heavy atom. The van der Waals surface area contributed by atoms with Gasteiger partial charge >= 0.3 is 0 Å². The summed E-state index contributed by atoms with van der Waals surface area (Å²) in [5.41, 5.74) is 5.28. The number of piperazine rings is 1. The lowest BCUT2D eigenvalue weighted by atomic mass is 10.1. The van der Waals surface area contributed by atoms with Crippen LogP contribution < -0.4 is 21.1 Å². The molecule has 10 heteroatoms. The Hall–Kier alpha value is -4.15. The van der Waals surface area contributed by atoms with Crippen molar-refractivity contribution in [2.24, 2.45) is 0 Å². The summed E-state index contributed by atoms with van der Waals surface area (Å²) in [7, 11) is 0. The molecule has 0 spiro atoms. The highest BCUT2D eigenvalue weighted by Gasteiger charge is 2.27. The smallest absolute Gasteiger partial charge is 0.261 e. The molecule has 1 saturated heterocycles. The van der Waals surface area contributed by atoms with E-state index in [1.54, 1.807) is 34.4 Å². The van der Waals surface area contributed by atoms with E-state index in [1.165, 1.54) is 11.6 Å². The summed E-state index contributed by atoms with van der Waals surface area (Å²) < 4.78 is 16.8. The number of rotatable bonds is 7. The maximum Gasteiger partial charge on any atom is 0.261 e. The van der Waals surface area contributed by atoms with Crippen LogP contribution >= 0.6 is 11.3 Å². The van der Waals surface area contributed by atoms with E-state index in [-0.39, 0.29) is 11.4 Å². The van der Waals surface area contributed by atoms with Crippen molar-refractivity contribution in [1.82, 2.24) is 24.8 Å². The SMILES string of the molecule is Cc1ccsc1-c1cc2cnc(Nc3ccc(N4CCNCC4)c(F)c3)nc2n(Cc2ncccc2C2CC2)c1=O. The summed E-state index contributed by atoms with van der Waals surface area (Å²) in [4.78, 5) is 31.0. The maximum absolute atomic E-state index is 15.1. The van der Waals surface area contributed by atoms with E-state index in [4.69, 9.17) is 4.98 Å². The fraction of sp³-hybridized carbons (Fsp3) is 0.290. The number of hydrogen-bond donors (Lipinski definition) is 2. The van der Waals surface area contributed by atoms with Gasteiger partial charge in [0.25, 0.3) is 5.56 Å². The molecule has 1 aromatic carbocycles. The van der Waals surface area contributed by atoms with Crippen LogP contribution in [0.4, 0.5) is 21.7 Å². The van der Waals surface area contributed by atoms with Crippen LogP contribution in [-0.2, 0) is 6.54 Å². The number of thiophene rings is 1. The molecule has 7 rings (SSSR count). The van der Waals surface area contributed by atoms with Crippen LogP contribution in [0, 0.1) is 12.7 Å². The molecule has 0 bridgehead atoms. The number of benzene rings is 1. The largest absolute Gasteiger partial charge is 0.367 e. The number of halogens is 1. The number of hydrogen-bond acceptors (Lipinski definition) is 8. The zero-order chi connectivity index (χ0) is 27.9. The first-order chi connectivity index (χ1) is 20.0. The van der Waals surface area contributed by atoms with Crippen molar-refractivity contribution in [3.8, 4) is 10.4 Å². The maximum atomic E-state index is 15.1. The van der Waals surface area contributed by atoms with Crippen LogP contribution in [0.5, 0.6) is 0 Å². The molecule has 5 heterocycles. The summed E-state index contributed by atoms with van der Waals surface area (Å²) in [6, 6.07) is 13.1. The van der Waals surface area contributed by atoms with E-state index in [9.17, 15) is 4.79 Å². The van der Waals surface area contributed by atoms with Gasteiger partial charge < -0.3 is 15.5 Å². The highest BCUT2D eigenvalue weighted by Crippen LogP contribution is 2.41. The van der Waals surface area contributed by atoms with E-state index < -0.39 is 0 Å². The van der Waals surface area contributed by atoms with Gasteiger partial charge in [0, 0.05) is 54.5 Å². The van der Waals surface area contributed by atoms with Gasteiger partial charge in [-0.05, 0) is 78.6 Å². The molecule has 0 atom stereocenters. The van der Waals surface area contributed by atoms with Crippen molar-refractivity contribution in [2.45, 2.75) is 32.2 Å². The second-order valence-electron chi connectivity index (χ2n) is 10.7. The van der Waals surface area contributed by atoms with Gasteiger partial charge in [0.1, 0.15) is 11.5 Å². The number of aryl methyl sites for hydroxylation is 1. The third kappa shape index (κ3) is 5.09. The molecule has 0 unspecified atom stereocenters. The van der Waals surface area contributed by atoms with Crippen LogP contribution in [0.25, 0.3) is 21.5 Å². The Kier molecular flexibility index (Phi) is 6.72. The number of fused-ring (bicyclic) bond motifs is 1. The number of nitrogens with zero attached hydrogens (tertiary/aromatic N) is 5. The van der Waals surface area contributed by atoms with Crippen LogP contribution in [0.2, 0.25) is 0 Å². The Morgan fingerprint density at radius 2 is 1.98 bits per heavy atom. The molecule has 208 valence electrons. The Bertz CT molecular complexity index is 1810. The van der Waals surface area contributed by atoms with Gasteiger partial charge in [0.15, 0.2) is 0 Å². The molecule has 2 fully saturated rings. The molecule has 4 aromatic heterocycles. The minimum atomic E-state index is -0.298. The first-order valence-electron chi connectivity index (χ1n) is 14.0. The Morgan fingerprint density at radius 1 is 1.12 bits per heavy atom. The second-order valence-corrected chi connectivity index (χ2v) is 11.6. The number of nitrogens with one attached hydrogen (secondary N) is 2. The first kappa shape index (κ1) is 25.8. The quantitative estimate of drug-likeness (QED) is 0.271. The molecule has 8 nitrogen and oxygen atoms in total. The highest BCUT2D eigenvalue weighted by molar-refractivity contribution is 7.13. The summed E-state index contributed by atoms with van der Waals surface area (Å²) in [5, 5.41) is 9.19. The summed E-state index contributed by atoms with van der Waals surface area (Å²) in [6.45, 7) is 5.52. The lowest BCUT2D eigenvalue weighted by Crippen LogP contribution is -2.43. The summed E-state index contributed by atoms with van der Waals surface area (Å²) in [6.07, 6.45) is 5.78. The topological polar surface area (TPSA) is 88.0 Å². The average molecular weight is 568 g/mol. The molecule has 2 aliphatic rings. The third-order valence-electron chi connectivity index (χ3n) is 7.85. The first-order valence-corrected chi connectivity index (χ1v) is 14.8.